The van der Waals surface area contributed by atoms with E-state index in [0.29, 0.717) is 0 Å². The van der Waals surface area contributed by atoms with E-state index >= 15 is 0 Å². The fraction of sp³-hybridized carbons (Fsp3) is 0.462. The first-order valence-electron chi connectivity index (χ1n) is 5.72. The molecule has 0 bridgehead atoms. The van der Waals surface area contributed by atoms with Crippen molar-refractivity contribution >= 4 is 17.7 Å². The second kappa shape index (κ2) is 5.88. The topological polar surface area (TPSA) is 63.3 Å². The van der Waals surface area contributed by atoms with E-state index in [9.17, 15) is 13.6 Å². The van der Waals surface area contributed by atoms with E-state index in [1.165, 1.54) is 12.1 Å². The average molecular weight is 289 g/mol. The number of benzene rings is 1. The summed E-state index contributed by atoms with van der Waals surface area (Å²) in [5.74, 6) is -4.72. The maximum Gasteiger partial charge on any atom is 0.321 e. The van der Waals surface area contributed by atoms with Crippen LogP contribution in [0.2, 0.25) is 0 Å². The van der Waals surface area contributed by atoms with Crippen molar-refractivity contribution in [2.24, 2.45) is 5.73 Å². The second-order valence-electron chi connectivity index (χ2n) is 4.78. The molecule has 0 saturated heterocycles. The van der Waals surface area contributed by atoms with Gasteiger partial charge in [0.2, 0.25) is 0 Å². The predicted molar refractivity (Wildman–Crippen MR) is 72.5 cm³/mol. The van der Waals surface area contributed by atoms with Crippen molar-refractivity contribution in [3.63, 3.8) is 0 Å². The van der Waals surface area contributed by atoms with Crippen LogP contribution in [-0.2, 0) is 10.7 Å². The first kappa shape index (κ1) is 15.9. The highest BCUT2D eigenvalue weighted by Gasteiger charge is 2.38. The van der Waals surface area contributed by atoms with E-state index in [1.54, 1.807) is 32.0 Å². The van der Waals surface area contributed by atoms with E-state index in [2.05, 4.69) is 0 Å². The molecule has 0 unspecified atom stereocenters. The Bertz CT molecular complexity index is 438. The Morgan fingerprint density at radius 2 is 1.89 bits per heavy atom. The second-order valence-corrected chi connectivity index (χ2v) is 6.41. The van der Waals surface area contributed by atoms with Crippen LogP contribution in [0, 0.1) is 0 Å². The summed E-state index contributed by atoms with van der Waals surface area (Å²) in [4.78, 5) is 10.8. The molecule has 0 radical (unpaired) electrons. The summed E-state index contributed by atoms with van der Waals surface area (Å²) in [6, 6.07) is 6.26. The number of alkyl halides is 2. The number of halogens is 2. The molecule has 0 aliphatic rings. The smallest absolute Gasteiger partial charge is 0.321 e. The minimum absolute atomic E-state index is 0.0813. The third-order valence-electron chi connectivity index (χ3n) is 2.84. The zero-order valence-electron chi connectivity index (χ0n) is 10.8. The van der Waals surface area contributed by atoms with Crippen molar-refractivity contribution in [1.29, 1.82) is 0 Å². The van der Waals surface area contributed by atoms with Crippen LogP contribution >= 0.6 is 11.8 Å². The zero-order valence-corrected chi connectivity index (χ0v) is 11.6. The summed E-state index contributed by atoms with van der Waals surface area (Å²) >= 11 is 0.861. The van der Waals surface area contributed by atoms with Gasteiger partial charge in [0.05, 0.1) is 5.75 Å². The number of aliphatic carboxylic acids is 1. The molecule has 1 aromatic rings. The summed E-state index contributed by atoms with van der Waals surface area (Å²) in [6.45, 7) is 3.11. The van der Waals surface area contributed by atoms with Crippen LogP contribution in [-0.4, -0.2) is 27.6 Å². The number of carbonyl (C=O) groups is 1. The van der Waals surface area contributed by atoms with Crippen LogP contribution in [0.4, 0.5) is 8.78 Å². The van der Waals surface area contributed by atoms with Crippen LogP contribution in [0.1, 0.15) is 19.4 Å². The van der Waals surface area contributed by atoms with Gasteiger partial charge in [-0.3, -0.25) is 4.79 Å². The fourth-order valence-corrected chi connectivity index (χ4v) is 2.43. The maximum atomic E-state index is 13.9. The third kappa shape index (κ3) is 4.18. The van der Waals surface area contributed by atoms with Crippen molar-refractivity contribution in [2.75, 3.05) is 5.75 Å². The Hall–Kier alpha value is -1.14. The highest BCUT2D eigenvalue weighted by molar-refractivity contribution is 8.00. The third-order valence-corrected chi connectivity index (χ3v) is 4.34. The molecule has 19 heavy (non-hydrogen) atoms. The molecule has 3 nitrogen and oxygen atoms in total. The number of nitrogens with two attached hydrogens (primary N) is 1. The van der Waals surface area contributed by atoms with Gasteiger partial charge in [0, 0.05) is 10.3 Å². The minimum Gasteiger partial charge on any atom is -0.480 e. The van der Waals surface area contributed by atoms with E-state index in [0.717, 1.165) is 11.8 Å². The minimum atomic E-state index is -3.01. The van der Waals surface area contributed by atoms with Gasteiger partial charge in [-0.15, -0.1) is 11.8 Å². The highest BCUT2D eigenvalue weighted by Crippen LogP contribution is 2.37. The Morgan fingerprint density at radius 3 is 2.37 bits per heavy atom. The van der Waals surface area contributed by atoms with Gasteiger partial charge in [-0.2, -0.15) is 0 Å². The molecule has 0 aromatic heterocycles. The number of hydrogen-bond acceptors (Lipinski definition) is 3. The Labute approximate surface area is 115 Å². The Morgan fingerprint density at radius 1 is 1.37 bits per heavy atom. The molecular formula is C13H17F2NO2S. The van der Waals surface area contributed by atoms with Crippen molar-refractivity contribution in [3.8, 4) is 0 Å². The zero-order chi connectivity index (χ0) is 14.7. The largest absolute Gasteiger partial charge is 0.480 e. The summed E-state index contributed by atoms with van der Waals surface area (Å²) in [7, 11) is 0. The molecule has 1 atom stereocenters. The molecule has 1 rings (SSSR count). The molecule has 0 spiro atoms. The number of carboxylic acids is 1. The van der Waals surface area contributed by atoms with Gasteiger partial charge >= 0.3 is 5.97 Å². The van der Waals surface area contributed by atoms with Crippen LogP contribution in [0.25, 0.3) is 0 Å². The summed E-state index contributed by atoms with van der Waals surface area (Å²) in [6.07, 6.45) is 0. The average Bonchev–Trinajstić information content (AvgIpc) is 2.37. The summed E-state index contributed by atoms with van der Waals surface area (Å²) in [5, 5.41) is 8.84. The lowest BCUT2D eigenvalue weighted by molar-refractivity contribution is -0.139. The van der Waals surface area contributed by atoms with Gasteiger partial charge in [-0.1, -0.05) is 30.3 Å². The first-order valence-corrected chi connectivity index (χ1v) is 6.71. The Balaban J connectivity index is 2.73. The molecule has 0 aliphatic heterocycles. The molecule has 0 saturated carbocycles. The monoisotopic (exact) mass is 289 g/mol. The summed E-state index contributed by atoms with van der Waals surface area (Å²) < 4.78 is 26.9. The number of hydrogen-bond donors (Lipinski definition) is 2. The number of carboxylic acid groups (broad SMARTS) is 1. The van der Waals surface area contributed by atoms with E-state index < -0.39 is 28.4 Å². The van der Waals surface area contributed by atoms with Gasteiger partial charge in [-0.25, -0.2) is 8.78 Å². The first-order chi connectivity index (χ1) is 8.67. The Kier molecular flexibility index (Phi) is 4.92. The van der Waals surface area contributed by atoms with Crippen LogP contribution < -0.4 is 5.73 Å². The van der Waals surface area contributed by atoms with Gasteiger partial charge in [0.25, 0.3) is 5.92 Å². The molecular weight excluding hydrogens is 272 g/mol. The molecule has 0 amide bonds. The van der Waals surface area contributed by atoms with Crippen LogP contribution in [0.15, 0.2) is 30.3 Å². The fourth-order valence-electron chi connectivity index (χ4n) is 1.43. The lowest BCUT2D eigenvalue weighted by Crippen LogP contribution is -2.47. The van der Waals surface area contributed by atoms with Crippen molar-refractivity contribution < 1.29 is 18.7 Å². The molecule has 0 fully saturated rings. The molecule has 3 N–H and O–H groups in total. The summed E-state index contributed by atoms with van der Waals surface area (Å²) in [5.41, 5.74) is 5.42. The van der Waals surface area contributed by atoms with Gasteiger partial charge in [0.1, 0.15) is 6.04 Å². The van der Waals surface area contributed by atoms with Crippen LogP contribution in [0.5, 0.6) is 0 Å². The quantitative estimate of drug-likeness (QED) is 0.845. The lowest BCUT2D eigenvalue weighted by atomic mass is 10.1. The lowest BCUT2D eigenvalue weighted by Gasteiger charge is -2.30. The molecule has 0 heterocycles. The van der Waals surface area contributed by atoms with E-state index in [1.807, 2.05) is 0 Å². The highest BCUT2D eigenvalue weighted by atomic mass is 32.2. The van der Waals surface area contributed by atoms with Crippen molar-refractivity contribution in [3.05, 3.63) is 35.9 Å². The van der Waals surface area contributed by atoms with E-state index in [-0.39, 0.29) is 5.56 Å². The molecule has 1 aromatic carbocycles. The van der Waals surface area contributed by atoms with Gasteiger partial charge < -0.3 is 10.8 Å². The van der Waals surface area contributed by atoms with Crippen LogP contribution in [0.3, 0.4) is 0 Å². The van der Waals surface area contributed by atoms with Gasteiger partial charge in [-0.05, 0) is 13.8 Å². The molecule has 6 heteroatoms. The predicted octanol–water partition coefficient (Wildman–Crippen LogP) is 2.70. The standard InChI is InChI=1S/C13H17F2NO2S/c1-12(2,10(16)11(17)18)19-8-13(14,15)9-6-4-3-5-7-9/h3-7,10H,8,16H2,1-2H3,(H,17,18)/t10-/m0/s1. The number of rotatable bonds is 6. The van der Waals surface area contributed by atoms with Crippen molar-refractivity contribution in [2.45, 2.75) is 30.6 Å². The molecule has 0 aliphatic carbocycles. The van der Waals surface area contributed by atoms with E-state index in [4.69, 9.17) is 10.8 Å². The maximum absolute atomic E-state index is 13.9. The number of thioether (sulfide) groups is 1. The normalized spacial score (nSPS) is 14.2. The van der Waals surface area contributed by atoms with Crippen molar-refractivity contribution in [1.82, 2.24) is 0 Å². The molecule has 106 valence electrons. The van der Waals surface area contributed by atoms with Gasteiger partial charge in [0.15, 0.2) is 0 Å². The SMILES string of the molecule is CC(C)(SCC(F)(F)c1ccccc1)[C@@H](N)C(=O)O.